The van der Waals surface area contributed by atoms with Gasteiger partial charge in [0.05, 0.1) is 5.69 Å². The molecule has 1 fully saturated rings. The van der Waals surface area contributed by atoms with Crippen molar-refractivity contribution in [3.8, 4) is 0 Å². The van der Waals surface area contributed by atoms with Gasteiger partial charge in [-0.3, -0.25) is 10.1 Å². The molecule has 3 amide bonds. The zero-order valence-corrected chi connectivity index (χ0v) is 17.6. The van der Waals surface area contributed by atoms with E-state index in [0.29, 0.717) is 19.5 Å². The van der Waals surface area contributed by atoms with Crippen LogP contribution in [0, 0.1) is 0 Å². The summed E-state index contributed by atoms with van der Waals surface area (Å²) in [6.07, 6.45) is 1.18. The van der Waals surface area contributed by atoms with E-state index in [1.165, 1.54) is 5.56 Å². The molecule has 4 aromatic rings. The number of hydrogen-bond donors (Lipinski definition) is 1. The predicted molar refractivity (Wildman–Crippen MR) is 123 cm³/mol. The minimum absolute atomic E-state index is 0.232. The zero-order chi connectivity index (χ0) is 21.7. The van der Waals surface area contributed by atoms with Crippen molar-refractivity contribution >= 4 is 22.8 Å². The molecule has 5 nitrogen and oxygen atoms in total. The van der Waals surface area contributed by atoms with Crippen LogP contribution in [0.5, 0.6) is 0 Å². The fourth-order valence-electron chi connectivity index (χ4n) is 5.50. The van der Waals surface area contributed by atoms with E-state index < -0.39 is 5.54 Å². The lowest BCUT2D eigenvalue weighted by molar-refractivity contribution is -0.127. The first kappa shape index (κ1) is 18.9. The molecule has 0 unspecified atom stereocenters. The van der Waals surface area contributed by atoms with Gasteiger partial charge in [0, 0.05) is 30.4 Å². The maximum atomic E-state index is 13.6. The summed E-state index contributed by atoms with van der Waals surface area (Å²) in [5.74, 6) is -0.232. The minimum atomic E-state index is -1.06. The molecule has 2 aliphatic rings. The van der Waals surface area contributed by atoms with Crippen LogP contribution in [0.2, 0.25) is 0 Å². The average Bonchev–Trinajstić information content (AvgIpc) is 3.27. The van der Waals surface area contributed by atoms with Crippen molar-refractivity contribution in [2.45, 2.75) is 24.9 Å². The number of urea groups is 1. The number of benzene rings is 3. The van der Waals surface area contributed by atoms with Crippen molar-refractivity contribution in [1.82, 2.24) is 14.8 Å². The Balaban J connectivity index is 1.64. The van der Waals surface area contributed by atoms with Crippen molar-refractivity contribution in [1.29, 1.82) is 0 Å². The molecule has 1 saturated heterocycles. The Hall–Kier alpha value is -3.86. The van der Waals surface area contributed by atoms with E-state index in [-0.39, 0.29) is 11.9 Å². The SMILES string of the molecule is O=C1NC(=O)[C@]2(Cc3ccccc3)c3c(c4ccccc4n3Cc3ccccc3)CCN12. The second-order valence-corrected chi connectivity index (χ2v) is 8.60. The van der Waals surface area contributed by atoms with E-state index in [1.807, 2.05) is 60.7 Å². The van der Waals surface area contributed by atoms with Gasteiger partial charge in [0.1, 0.15) is 0 Å². The van der Waals surface area contributed by atoms with Gasteiger partial charge in [-0.15, -0.1) is 0 Å². The van der Waals surface area contributed by atoms with Gasteiger partial charge in [-0.05, 0) is 29.2 Å². The van der Waals surface area contributed by atoms with Crippen LogP contribution in [0.25, 0.3) is 10.9 Å². The molecule has 0 radical (unpaired) electrons. The molecule has 1 aromatic heterocycles. The van der Waals surface area contributed by atoms with Crippen LogP contribution in [0.4, 0.5) is 4.79 Å². The molecule has 32 heavy (non-hydrogen) atoms. The number of nitrogens with zero attached hydrogens (tertiary/aromatic N) is 2. The maximum absolute atomic E-state index is 13.6. The molecule has 3 heterocycles. The molecule has 1 atom stereocenters. The molecule has 2 aliphatic heterocycles. The molecule has 0 saturated carbocycles. The number of nitrogens with one attached hydrogen (secondary N) is 1. The van der Waals surface area contributed by atoms with Crippen molar-refractivity contribution < 1.29 is 9.59 Å². The highest BCUT2D eigenvalue weighted by Gasteiger charge is 2.58. The van der Waals surface area contributed by atoms with Crippen LogP contribution in [0.3, 0.4) is 0 Å². The summed E-state index contributed by atoms with van der Waals surface area (Å²) in [4.78, 5) is 28.3. The van der Waals surface area contributed by atoms with E-state index in [1.54, 1.807) is 4.90 Å². The fourth-order valence-corrected chi connectivity index (χ4v) is 5.50. The fraction of sp³-hybridized carbons (Fsp3) is 0.185. The topological polar surface area (TPSA) is 54.3 Å². The van der Waals surface area contributed by atoms with Crippen molar-refractivity contribution in [3.63, 3.8) is 0 Å². The number of hydrogen-bond acceptors (Lipinski definition) is 2. The van der Waals surface area contributed by atoms with Crippen LogP contribution in [-0.4, -0.2) is 28.0 Å². The van der Waals surface area contributed by atoms with E-state index in [9.17, 15) is 9.59 Å². The summed E-state index contributed by atoms with van der Waals surface area (Å²) in [5, 5.41) is 3.80. The standard InChI is InChI=1S/C27H23N3O2/c31-25-27(17-19-9-3-1-4-10-19)24-22(15-16-30(27)26(32)28-25)21-13-7-8-14-23(21)29(24)18-20-11-5-2-6-12-20/h1-14H,15-18H2,(H,28,31,32)/t27-/m0/s1. The van der Waals surface area contributed by atoms with E-state index in [2.05, 4.69) is 34.1 Å². The molecule has 158 valence electrons. The van der Waals surface area contributed by atoms with Crippen LogP contribution >= 0.6 is 0 Å². The Kier molecular flexibility index (Phi) is 4.18. The lowest BCUT2D eigenvalue weighted by Gasteiger charge is -2.40. The van der Waals surface area contributed by atoms with E-state index >= 15 is 0 Å². The highest BCUT2D eigenvalue weighted by Crippen LogP contribution is 2.45. The third-order valence-corrected chi connectivity index (χ3v) is 6.84. The molecule has 1 N–H and O–H groups in total. The summed E-state index contributed by atoms with van der Waals surface area (Å²) < 4.78 is 2.26. The number of fused-ring (bicyclic) bond motifs is 5. The van der Waals surface area contributed by atoms with Gasteiger partial charge in [-0.1, -0.05) is 78.9 Å². The molecular formula is C27H23N3O2. The normalized spacial score (nSPS) is 19.7. The highest BCUT2D eigenvalue weighted by molar-refractivity contribution is 6.09. The average molecular weight is 422 g/mol. The Morgan fingerprint density at radius 3 is 2.22 bits per heavy atom. The summed E-state index contributed by atoms with van der Waals surface area (Å²) >= 11 is 0. The van der Waals surface area contributed by atoms with Gasteiger partial charge in [0.2, 0.25) is 0 Å². The quantitative estimate of drug-likeness (QED) is 0.501. The van der Waals surface area contributed by atoms with Crippen LogP contribution in [0.1, 0.15) is 22.4 Å². The van der Waals surface area contributed by atoms with Gasteiger partial charge in [0.25, 0.3) is 5.91 Å². The largest absolute Gasteiger partial charge is 0.337 e. The highest BCUT2D eigenvalue weighted by atomic mass is 16.2. The van der Waals surface area contributed by atoms with Gasteiger partial charge >= 0.3 is 6.03 Å². The Morgan fingerprint density at radius 1 is 0.812 bits per heavy atom. The number of aromatic nitrogens is 1. The first-order chi connectivity index (χ1) is 15.7. The Bertz CT molecular complexity index is 1340. The molecular weight excluding hydrogens is 398 g/mol. The Labute approximate surface area is 186 Å². The monoisotopic (exact) mass is 421 g/mol. The molecule has 3 aromatic carbocycles. The van der Waals surface area contributed by atoms with Crippen molar-refractivity contribution in [3.05, 3.63) is 107 Å². The van der Waals surface area contributed by atoms with Gasteiger partial charge in [-0.25, -0.2) is 4.79 Å². The lowest BCUT2D eigenvalue weighted by Crippen LogP contribution is -2.53. The smallest absolute Gasteiger partial charge is 0.325 e. The van der Waals surface area contributed by atoms with E-state index in [4.69, 9.17) is 0 Å². The number of amides is 3. The molecule has 0 spiro atoms. The lowest BCUT2D eigenvalue weighted by atomic mass is 9.80. The number of imide groups is 1. The number of para-hydroxylation sites is 1. The van der Waals surface area contributed by atoms with Crippen LogP contribution in [0.15, 0.2) is 84.9 Å². The summed E-state index contributed by atoms with van der Waals surface area (Å²) in [5.41, 5.74) is 4.36. The first-order valence-corrected chi connectivity index (χ1v) is 11.0. The molecule has 0 bridgehead atoms. The molecule has 5 heteroatoms. The minimum Gasteiger partial charge on any atom is -0.337 e. The number of rotatable bonds is 4. The second-order valence-electron chi connectivity index (χ2n) is 8.60. The van der Waals surface area contributed by atoms with E-state index in [0.717, 1.165) is 34.1 Å². The number of carbonyl (C=O) groups is 2. The third-order valence-electron chi connectivity index (χ3n) is 6.84. The number of carbonyl (C=O) groups excluding carboxylic acids is 2. The van der Waals surface area contributed by atoms with Gasteiger partial charge in [0.15, 0.2) is 5.54 Å². The third kappa shape index (κ3) is 2.64. The summed E-state index contributed by atoms with van der Waals surface area (Å²) in [7, 11) is 0. The molecule has 6 rings (SSSR count). The predicted octanol–water partition coefficient (Wildman–Crippen LogP) is 4.24. The van der Waals surface area contributed by atoms with Crippen LogP contribution < -0.4 is 5.32 Å². The zero-order valence-electron chi connectivity index (χ0n) is 17.6. The second kappa shape index (κ2) is 7.09. The molecule has 0 aliphatic carbocycles. The van der Waals surface area contributed by atoms with Crippen molar-refractivity contribution in [2.24, 2.45) is 0 Å². The first-order valence-electron chi connectivity index (χ1n) is 11.0. The van der Waals surface area contributed by atoms with Crippen molar-refractivity contribution in [2.75, 3.05) is 6.54 Å². The van der Waals surface area contributed by atoms with Gasteiger partial charge < -0.3 is 9.47 Å². The Morgan fingerprint density at radius 2 is 1.47 bits per heavy atom. The summed E-state index contributed by atoms with van der Waals surface area (Å²) in [6, 6.07) is 28.3. The summed E-state index contributed by atoms with van der Waals surface area (Å²) in [6.45, 7) is 1.17. The maximum Gasteiger partial charge on any atom is 0.325 e. The van der Waals surface area contributed by atoms with Crippen LogP contribution in [-0.2, 0) is 29.7 Å². The van der Waals surface area contributed by atoms with Gasteiger partial charge in [-0.2, -0.15) is 0 Å².